The molecule has 0 heterocycles. The van der Waals surface area contributed by atoms with E-state index in [2.05, 4.69) is 18.7 Å². The fourth-order valence-corrected chi connectivity index (χ4v) is 1.76. The van der Waals surface area contributed by atoms with Crippen LogP contribution >= 0.6 is 0 Å². The molecule has 0 aliphatic carbocycles. The standard InChI is InChI=1S/C14H23FN2/c1-5-11(16)9-12-13(15)7-6-8-14(12)17(4)10(2)3/h6-8,10-11H,5,9,16H2,1-4H3. The summed E-state index contributed by atoms with van der Waals surface area (Å²) in [5.74, 6) is -0.154. The molecule has 0 bridgehead atoms. The van der Waals surface area contributed by atoms with Crippen LogP contribution < -0.4 is 10.6 Å². The van der Waals surface area contributed by atoms with Gasteiger partial charge in [-0.1, -0.05) is 13.0 Å². The van der Waals surface area contributed by atoms with Crippen LogP contribution in [0, 0.1) is 5.82 Å². The van der Waals surface area contributed by atoms with Crippen LogP contribution in [0.25, 0.3) is 0 Å². The van der Waals surface area contributed by atoms with E-state index in [-0.39, 0.29) is 11.9 Å². The average molecular weight is 238 g/mol. The predicted molar refractivity (Wildman–Crippen MR) is 71.9 cm³/mol. The Balaban J connectivity index is 3.08. The summed E-state index contributed by atoms with van der Waals surface area (Å²) in [7, 11) is 1.99. The van der Waals surface area contributed by atoms with E-state index in [1.54, 1.807) is 6.07 Å². The van der Waals surface area contributed by atoms with Gasteiger partial charge < -0.3 is 10.6 Å². The SMILES string of the molecule is CCC(N)Cc1c(F)cccc1N(C)C(C)C. The molecule has 1 aromatic carbocycles. The first kappa shape index (κ1) is 14.0. The van der Waals surface area contributed by atoms with E-state index in [0.29, 0.717) is 12.5 Å². The highest BCUT2D eigenvalue weighted by atomic mass is 19.1. The number of anilines is 1. The fraction of sp³-hybridized carbons (Fsp3) is 0.571. The summed E-state index contributed by atoms with van der Waals surface area (Å²) in [4.78, 5) is 2.08. The van der Waals surface area contributed by atoms with Gasteiger partial charge in [-0.15, -0.1) is 0 Å². The minimum Gasteiger partial charge on any atom is -0.372 e. The van der Waals surface area contributed by atoms with E-state index in [1.807, 2.05) is 20.0 Å². The van der Waals surface area contributed by atoms with Gasteiger partial charge in [0.2, 0.25) is 0 Å². The van der Waals surface area contributed by atoms with Crippen molar-refractivity contribution in [2.75, 3.05) is 11.9 Å². The average Bonchev–Trinajstić information content (AvgIpc) is 2.30. The van der Waals surface area contributed by atoms with Crippen LogP contribution in [0.2, 0.25) is 0 Å². The third kappa shape index (κ3) is 3.43. The second-order valence-electron chi connectivity index (χ2n) is 4.81. The highest BCUT2D eigenvalue weighted by Gasteiger charge is 2.15. The van der Waals surface area contributed by atoms with Crippen molar-refractivity contribution in [3.8, 4) is 0 Å². The number of rotatable bonds is 5. The van der Waals surface area contributed by atoms with E-state index >= 15 is 0 Å². The second-order valence-corrected chi connectivity index (χ2v) is 4.81. The first-order valence-electron chi connectivity index (χ1n) is 6.23. The Morgan fingerprint density at radius 2 is 2.00 bits per heavy atom. The first-order valence-corrected chi connectivity index (χ1v) is 6.23. The smallest absolute Gasteiger partial charge is 0.128 e. The third-order valence-electron chi connectivity index (χ3n) is 3.24. The van der Waals surface area contributed by atoms with Crippen molar-refractivity contribution in [2.24, 2.45) is 5.73 Å². The molecule has 1 aromatic rings. The quantitative estimate of drug-likeness (QED) is 0.854. The van der Waals surface area contributed by atoms with E-state index in [4.69, 9.17) is 5.73 Å². The molecule has 3 heteroatoms. The Labute approximate surface area is 104 Å². The molecule has 17 heavy (non-hydrogen) atoms. The fourth-order valence-electron chi connectivity index (χ4n) is 1.76. The van der Waals surface area contributed by atoms with Gasteiger partial charge in [0.1, 0.15) is 5.82 Å². The van der Waals surface area contributed by atoms with E-state index in [9.17, 15) is 4.39 Å². The van der Waals surface area contributed by atoms with Crippen LogP contribution in [0.4, 0.5) is 10.1 Å². The van der Waals surface area contributed by atoms with Gasteiger partial charge in [0, 0.05) is 30.4 Å². The van der Waals surface area contributed by atoms with Crippen molar-refractivity contribution in [1.82, 2.24) is 0 Å². The summed E-state index contributed by atoms with van der Waals surface area (Å²) in [6.07, 6.45) is 1.45. The molecule has 0 saturated carbocycles. The van der Waals surface area contributed by atoms with Crippen LogP contribution in [0.1, 0.15) is 32.8 Å². The van der Waals surface area contributed by atoms with E-state index < -0.39 is 0 Å². The normalized spacial score (nSPS) is 12.9. The van der Waals surface area contributed by atoms with Gasteiger partial charge in [0.05, 0.1) is 0 Å². The molecule has 1 rings (SSSR count). The van der Waals surface area contributed by atoms with Crippen molar-refractivity contribution in [1.29, 1.82) is 0 Å². The predicted octanol–water partition coefficient (Wildman–Crippen LogP) is 2.95. The number of hydrogen-bond donors (Lipinski definition) is 1. The Morgan fingerprint density at radius 1 is 1.35 bits per heavy atom. The summed E-state index contributed by atoms with van der Waals surface area (Å²) in [5.41, 5.74) is 7.62. The van der Waals surface area contributed by atoms with Crippen LogP contribution in [0.15, 0.2) is 18.2 Å². The van der Waals surface area contributed by atoms with Crippen molar-refractivity contribution >= 4 is 5.69 Å². The number of nitrogens with two attached hydrogens (primary N) is 1. The molecule has 0 saturated heterocycles. The van der Waals surface area contributed by atoms with Gasteiger partial charge in [-0.2, -0.15) is 0 Å². The van der Waals surface area contributed by atoms with Gasteiger partial charge in [0.25, 0.3) is 0 Å². The topological polar surface area (TPSA) is 29.3 Å². The molecule has 0 radical (unpaired) electrons. The maximum atomic E-state index is 13.9. The zero-order chi connectivity index (χ0) is 13.0. The molecule has 2 N–H and O–H groups in total. The van der Waals surface area contributed by atoms with Gasteiger partial charge in [-0.25, -0.2) is 4.39 Å². The van der Waals surface area contributed by atoms with Gasteiger partial charge >= 0.3 is 0 Å². The van der Waals surface area contributed by atoms with Gasteiger partial charge in [0.15, 0.2) is 0 Å². The van der Waals surface area contributed by atoms with Gasteiger partial charge in [-0.05, 0) is 38.8 Å². The zero-order valence-corrected chi connectivity index (χ0v) is 11.2. The molecular weight excluding hydrogens is 215 g/mol. The molecule has 96 valence electrons. The van der Waals surface area contributed by atoms with Crippen LogP contribution in [0.3, 0.4) is 0 Å². The molecule has 0 aliphatic rings. The lowest BCUT2D eigenvalue weighted by atomic mass is 10.0. The first-order chi connectivity index (χ1) is 7.97. The lowest BCUT2D eigenvalue weighted by Gasteiger charge is -2.27. The highest BCUT2D eigenvalue weighted by Crippen LogP contribution is 2.25. The summed E-state index contributed by atoms with van der Waals surface area (Å²) in [6.45, 7) is 6.21. The minimum atomic E-state index is -0.154. The second kappa shape index (κ2) is 6.01. The number of nitrogens with zero attached hydrogens (tertiary/aromatic N) is 1. The number of halogens is 1. The third-order valence-corrected chi connectivity index (χ3v) is 3.24. The lowest BCUT2D eigenvalue weighted by molar-refractivity contribution is 0.576. The monoisotopic (exact) mass is 238 g/mol. The molecule has 0 fully saturated rings. The van der Waals surface area contributed by atoms with E-state index in [1.165, 1.54) is 6.07 Å². The Morgan fingerprint density at radius 3 is 2.53 bits per heavy atom. The molecule has 0 spiro atoms. The van der Waals surface area contributed by atoms with Crippen molar-refractivity contribution < 1.29 is 4.39 Å². The van der Waals surface area contributed by atoms with E-state index in [0.717, 1.165) is 17.7 Å². The summed E-state index contributed by atoms with van der Waals surface area (Å²) >= 11 is 0. The van der Waals surface area contributed by atoms with Crippen molar-refractivity contribution in [3.63, 3.8) is 0 Å². The molecule has 0 aromatic heterocycles. The Kier molecular flexibility index (Phi) is 4.94. The molecule has 1 unspecified atom stereocenters. The highest BCUT2D eigenvalue weighted by molar-refractivity contribution is 5.54. The molecular formula is C14H23FN2. The number of hydrogen-bond acceptors (Lipinski definition) is 2. The maximum absolute atomic E-state index is 13.9. The van der Waals surface area contributed by atoms with Crippen molar-refractivity contribution in [2.45, 2.75) is 45.7 Å². The van der Waals surface area contributed by atoms with Gasteiger partial charge in [-0.3, -0.25) is 0 Å². The Hall–Kier alpha value is -1.09. The molecule has 0 aliphatic heterocycles. The van der Waals surface area contributed by atoms with Crippen LogP contribution in [-0.4, -0.2) is 19.1 Å². The molecule has 1 atom stereocenters. The summed E-state index contributed by atoms with van der Waals surface area (Å²) in [5, 5.41) is 0. The van der Waals surface area contributed by atoms with Crippen LogP contribution in [-0.2, 0) is 6.42 Å². The number of benzene rings is 1. The Bertz CT molecular complexity index is 363. The lowest BCUT2D eigenvalue weighted by Crippen LogP contribution is -2.29. The largest absolute Gasteiger partial charge is 0.372 e. The molecule has 2 nitrogen and oxygen atoms in total. The summed E-state index contributed by atoms with van der Waals surface area (Å²) in [6, 6.07) is 5.58. The molecule has 0 amide bonds. The van der Waals surface area contributed by atoms with Crippen LogP contribution in [0.5, 0.6) is 0 Å². The minimum absolute atomic E-state index is 0.0196. The maximum Gasteiger partial charge on any atom is 0.128 e. The zero-order valence-electron chi connectivity index (χ0n) is 11.2. The van der Waals surface area contributed by atoms with Crippen molar-refractivity contribution in [3.05, 3.63) is 29.6 Å². The summed E-state index contributed by atoms with van der Waals surface area (Å²) < 4.78 is 13.9.